The summed E-state index contributed by atoms with van der Waals surface area (Å²) in [6, 6.07) is 3.34. The van der Waals surface area contributed by atoms with Gasteiger partial charge in [-0.3, -0.25) is 9.59 Å². The van der Waals surface area contributed by atoms with E-state index in [1.165, 1.54) is 23.3 Å². The first-order valence-electron chi connectivity index (χ1n) is 5.49. The van der Waals surface area contributed by atoms with Crippen molar-refractivity contribution in [1.29, 1.82) is 0 Å². The molecule has 0 saturated heterocycles. The smallest absolute Gasteiger partial charge is 0.277 e. The van der Waals surface area contributed by atoms with Gasteiger partial charge in [-0.25, -0.2) is 8.78 Å². The first kappa shape index (κ1) is 15.5. The molecule has 2 amide bonds. The summed E-state index contributed by atoms with van der Waals surface area (Å²) >= 11 is 1.25. The quantitative estimate of drug-likeness (QED) is 0.803. The lowest BCUT2D eigenvalue weighted by Crippen LogP contribution is -2.45. The number of halogens is 2. The van der Waals surface area contributed by atoms with Gasteiger partial charge in [-0.2, -0.15) is 0 Å². The molecule has 1 aromatic heterocycles. The second-order valence-electron chi connectivity index (χ2n) is 3.98. The third-order valence-corrected chi connectivity index (χ3v) is 3.16. The van der Waals surface area contributed by atoms with Gasteiger partial charge in [-0.15, -0.1) is 11.3 Å². The number of hydrogen-bond acceptors (Lipinski definition) is 4. The molecule has 0 unspecified atom stereocenters. The van der Waals surface area contributed by atoms with Crippen molar-refractivity contribution in [2.75, 3.05) is 26.7 Å². The number of carbonyl (C=O) groups is 2. The minimum absolute atomic E-state index is 0.280. The fourth-order valence-electron chi connectivity index (χ4n) is 1.23. The van der Waals surface area contributed by atoms with Crippen LogP contribution in [-0.2, 0) is 4.79 Å². The number of nitrogens with one attached hydrogen (secondary N) is 1. The number of nitrogens with two attached hydrogens (primary N) is 1. The van der Waals surface area contributed by atoms with Gasteiger partial charge in [0, 0.05) is 7.05 Å². The Kier molecular flexibility index (Phi) is 5.37. The zero-order valence-corrected chi connectivity index (χ0v) is 11.2. The Balaban J connectivity index is 2.42. The Morgan fingerprint density at radius 3 is 2.74 bits per heavy atom. The fourth-order valence-corrected chi connectivity index (χ4v) is 1.95. The van der Waals surface area contributed by atoms with E-state index in [-0.39, 0.29) is 12.5 Å². The first-order chi connectivity index (χ1) is 8.85. The molecule has 3 N–H and O–H groups in total. The monoisotopic (exact) mass is 291 g/mol. The van der Waals surface area contributed by atoms with Crippen molar-refractivity contribution in [2.45, 2.75) is 5.92 Å². The summed E-state index contributed by atoms with van der Waals surface area (Å²) in [5, 5.41) is 3.78. The molecular weight excluding hydrogens is 276 g/mol. The zero-order chi connectivity index (χ0) is 14.5. The highest BCUT2D eigenvalue weighted by atomic mass is 32.1. The first-order valence-corrected chi connectivity index (χ1v) is 6.37. The number of thiophene rings is 1. The maximum Gasteiger partial charge on any atom is 0.277 e. The summed E-state index contributed by atoms with van der Waals surface area (Å²) in [6.07, 6.45) is 0. The van der Waals surface area contributed by atoms with E-state index in [0.717, 1.165) is 0 Å². The zero-order valence-electron chi connectivity index (χ0n) is 10.4. The van der Waals surface area contributed by atoms with Crippen LogP contribution in [0.25, 0.3) is 0 Å². The molecule has 0 radical (unpaired) electrons. The largest absolute Gasteiger partial charge is 0.348 e. The van der Waals surface area contributed by atoms with Crippen LogP contribution in [0.1, 0.15) is 9.67 Å². The van der Waals surface area contributed by atoms with Crippen LogP contribution in [-0.4, -0.2) is 49.3 Å². The van der Waals surface area contributed by atoms with Crippen molar-refractivity contribution in [3.63, 3.8) is 0 Å². The molecule has 1 rings (SSSR count). The molecule has 0 spiro atoms. The van der Waals surface area contributed by atoms with E-state index in [0.29, 0.717) is 4.88 Å². The molecule has 19 heavy (non-hydrogen) atoms. The number of hydrogen-bond donors (Lipinski definition) is 2. The summed E-state index contributed by atoms with van der Waals surface area (Å²) < 4.78 is 25.6. The van der Waals surface area contributed by atoms with Gasteiger partial charge in [-0.05, 0) is 11.4 Å². The molecule has 0 aliphatic heterocycles. The highest BCUT2D eigenvalue weighted by Gasteiger charge is 2.27. The van der Waals surface area contributed by atoms with Crippen molar-refractivity contribution in [1.82, 2.24) is 10.2 Å². The molecule has 1 heterocycles. The van der Waals surface area contributed by atoms with E-state index in [1.807, 2.05) is 5.32 Å². The van der Waals surface area contributed by atoms with Crippen molar-refractivity contribution in [3.05, 3.63) is 22.4 Å². The van der Waals surface area contributed by atoms with Crippen LogP contribution in [0.15, 0.2) is 17.5 Å². The van der Waals surface area contributed by atoms with Gasteiger partial charge in [0.25, 0.3) is 11.8 Å². The molecule has 0 aliphatic carbocycles. The Morgan fingerprint density at radius 2 is 2.21 bits per heavy atom. The standard InChI is InChI=1S/C11H15F2N3O2S/c1-16(10(18)8-3-2-4-19-8)5-9(17)15-7-11(12,13)6-14/h2-4H,5-7,14H2,1H3,(H,15,17). The molecule has 5 nitrogen and oxygen atoms in total. The minimum Gasteiger partial charge on any atom is -0.348 e. The second kappa shape index (κ2) is 6.58. The Bertz CT molecular complexity index is 437. The summed E-state index contributed by atoms with van der Waals surface area (Å²) in [5.74, 6) is -4.11. The lowest BCUT2D eigenvalue weighted by molar-refractivity contribution is -0.123. The molecule has 0 atom stereocenters. The SMILES string of the molecule is CN(CC(=O)NCC(F)(F)CN)C(=O)c1cccs1. The fraction of sp³-hybridized carbons (Fsp3) is 0.455. The van der Waals surface area contributed by atoms with Gasteiger partial charge < -0.3 is 16.0 Å². The average Bonchev–Trinajstić information content (AvgIpc) is 2.89. The van der Waals surface area contributed by atoms with Gasteiger partial charge in [-0.1, -0.05) is 6.07 Å². The van der Waals surface area contributed by atoms with Crippen LogP contribution in [0.5, 0.6) is 0 Å². The number of nitrogens with zero attached hydrogens (tertiary/aromatic N) is 1. The van der Waals surface area contributed by atoms with E-state index in [4.69, 9.17) is 5.73 Å². The van der Waals surface area contributed by atoms with Gasteiger partial charge in [0.1, 0.15) is 0 Å². The maximum absolute atomic E-state index is 12.8. The molecule has 0 bridgehead atoms. The highest BCUT2D eigenvalue weighted by molar-refractivity contribution is 7.12. The summed E-state index contributed by atoms with van der Waals surface area (Å²) in [7, 11) is 1.43. The molecule has 106 valence electrons. The predicted molar refractivity (Wildman–Crippen MR) is 68.3 cm³/mol. The molecule has 8 heteroatoms. The lowest BCUT2D eigenvalue weighted by Gasteiger charge is -2.18. The van der Waals surface area contributed by atoms with Crippen molar-refractivity contribution in [3.8, 4) is 0 Å². The number of rotatable bonds is 6. The van der Waals surface area contributed by atoms with Crippen molar-refractivity contribution < 1.29 is 18.4 Å². The number of amides is 2. The predicted octanol–water partition coefficient (Wildman–Crippen LogP) is 0.530. The molecular formula is C11H15F2N3O2S. The molecule has 0 aromatic carbocycles. The summed E-state index contributed by atoms with van der Waals surface area (Å²) in [5.41, 5.74) is 4.84. The van der Waals surface area contributed by atoms with E-state index in [1.54, 1.807) is 17.5 Å². The van der Waals surface area contributed by atoms with E-state index in [9.17, 15) is 18.4 Å². The Hall–Kier alpha value is -1.54. The number of likely N-dealkylation sites (N-methyl/N-ethyl adjacent to an activating group) is 1. The maximum atomic E-state index is 12.8. The van der Waals surface area contributed by atoms with Gasteiger partial charge in [0.05, 0.1) is 24.5 Å². The average molecular weight is 291 g/mol. The molecule has 1 aromatic rings. The molecule has 0 fully saturated rings. The molecule has 0 aliphatic rings. The van der Waals surface area contributed by atoms with E-state index >= 15 is 0 Å². The van der Waals surface area contributed by atoms with Crippen LogP contribution in [0.4, 0.5) is 8.78 Å². The topological polar surface area (TPSA) is 75.4 Å². The van der Waals surface area contributed by atoms with Crippen LogP contribution in [0, 0.1) is 0 Å². The van der Waals surface area contributed by atoms with Crippen LogP contribution in [0.3, 0.4) is 0 Å². The van der Waals surface area contributed by atoms with Gasteiger partial charge in [0.2, 0.25) is 5.91 Å². The lowest BCUT2D eigenvalue weighted by atomic mass is 10.3. The second-order valence-corrected chi connectivity index (χ2v) is 4.92. The third-order valence-electron chi connectivity index (χ3n) is 2.30. The number of carbonyl (C=O) groups excluding carboxylic acids is 2. The highest BCUT2D eigenvalue weighted by Crippen LogP contribution is 2.11. The van der Waals surface area contributed by atoms with Gasteiger partial charge in [0.15, 0.2) is 0 Å². The Labute approximate surface area is 113 Å². The normalized spacial score (nSPS) is 11.2. The summed E-state index contributed by atoms with van der Waals surface area (Å²) in [4.78, 5) is 24.9. The van der Waals surface area contributed by atoms with Crippen molar-refractivity contribution >= 4 is 23.2 Å². The Morgan fingerprint density at radius 1 is 1.53 bits per heavy atom. The van der Waals surface area contributed by atoms with Crippen LogP contribution < -0.4 is 11.1 Å². The van der Waals surface area contributed by atoms with Crippen LogP contribution >= 0.6 is 11.3 Å². The van der Waals surface area contributed by atoms with Gasteiger partial charge >= 0.3 is 0 Å². The van der Waals surface area contributed by atoms with E-state index < -0.39 is 24.9 Å². The van der Waals surface area contributed by atoms with E-state index in [2.05, 4.69) is 0 Å². The van der Waals surface area contributed by atoms with Crippen molar-refractivity contribution in [2.24, 2.45) is 5.73 Å². The minimum atomic E-state index is -3.13. The summed E-state index contributed by atoms with van der Waals surface area (Å²) in [6.45, 7) is -1.95. The third kappa shape index (κ3) is 4.92. The number of alkyl halides is 2. The van der Waals surface area contributed by atoms with Crippen LogP contribution in [0.2, 0.25) is 0 Å². The molecule has 0 saturated carbocycles.